The summed E-state index contributed by atoms with van der Waals surface area (Å²) in [5.41, 5.74) is 5.64. The van der Waals surface area contributed by atoms with E-state index in [2.05, 4.69) is 40.3 Å². The number of rotatable bonds is 5. The lowest BCUT2D eigenvalue weighted by Gasteiger charge is -2.24. The third kappa shape index (κ3) is 3.89. The zero-order valence-corrected chi connectivity index (χ0v) is 11.4. The maximum Gasteiger partial charge on any atom is 0.0721 e. The van der Waals surface area contributed by atoms with Crippen LogP contribution in [0.15, 0.2) is 24.3 Å². The average molecular weight is 248 g/mol. The number of anilines is 2. The standard InChI is InChI=1S/C14H24N4/c1-18(2)17-14-6-4-3-5-13(14)16-11-12-7-9-15-10-8-12/h3-6,12,15-17H,7-11H2,1-2H3. The Morgan fingerprint density at radius 1 is 1.17 bits per heavy atom. The summed E-state index contributed by atoms with van der Waals surface area (Å²) in [6, 6.07) is 8.37. The maximum absolute atomic E-state index is 3.57. The second kappa shape index (κ2) is 6.61. The molecule has 1 aromatic carbocycles. The molecule has 2 rings (SSSR count). The van der Waals surface area contributed by atoms with Crippen molar-refractivity contribution in [2.75, 3.05) is 44.5 Å². The fourth-order valence-electron chi connectivity index (χ4n) is 2.32. The van der Waals surface area contributed by atoms with Gasteiger partial charge in [-0.1, -0.05) is 12.1 Å². The summed E-state index contributed by atoms with van der Waals surface area (Å²) in [5, 5.41) is 8.94. The van der Waals surface area contributed by atoms with Crippen LogP contribution in [-0.2, 0) is 0 Å². The minimum absolute atomic E-state index is 0.790. The molecule has 0 spiro atoms. The molecule has 1 fully saturated rings. The van der Waals surface area contributed by atoms with Crippen molar-refractivity contribution in [3.8, 4) is 0 Å². The third-order valence-corrected chi connectivity index (χ3v) is 3.31. The Kier molecular flexibility index (Phi) is 4.84. The van der Waals surface area contributed by atoms with E-state index < -0.39 is 0 Å². The molecule has 4 nitrogen and oxygen atoms in total. The highest BCUT2D eigenvalue weighted by Crippen LogP contribution is 2.22. The topological polar surface area (TPSA) is 39.3 Å². The van der Waals surface area contributed by atoms with Crippen molar-refractivity contribution in [1.29, 1.82) is 0 Å². The summed E-state index contributed by atoms with van der Waals surface area (Å²) in [4.78, 5) is 0. The van der Waals surface area contributed by atoms with Crippen LogP contribution in [0.25, 0.3) is 0 Å². The van der Waals surface area contributed by atoms with Crippen LogP contribution in [-0.4, -0.2) is 38.7 Å². The van der Waals surface area contributed by atoms with Crippen molar-refractivity contribution in [2.45, 2.75) is 12.8 Å². The molecule has 0 aliphatic carbocycles. The van der Waals surface area contributed by atoms with E-state index in [-0.39, 0.29) is 0 Å². The molecule has 1 heterocycles. The van der Waals surface area contributed by atoms with Gasteiger partial charge in [0, 0.05) is 20.6 Å². The van der Waals surface area contributed by atoms with E-state index in [9.17, 15) is 0 Å². The van der Waals surface area contributed by atoms with Crippen molar-refractivity contribution >= 4 is 11.4 Å². The van der Waals surface area contributed by atoms with Gasteiger partial charge < -0.3 is 16.1 Å². The van der Waals surface area contributed by atoms with Crippen molar-refractivity contribution in [2.24, 2.45) is 5.92 Å². The van der Waals surface area contributed by atoms with Gasteiger partial charge in [-0.05, 0) is 44.0 Å². The van der Waals surface area contributed by atoms with Gasteiger partial charge in [-0.15, -0.1) is 0 Å². The molecule has 0 amide bonds. The molecular weight excluding hydrogens is 224 g/mol. The molecular formula is C14H24N4. The molecule has 1 aliphatic heterocycles. The first kappa shape index (κ1) is 13.2. The van der Waals surface area contributed by atoms with Gasteiger partial charge in [0.2, 0.25) is 0 Å². The number of nitrogens with zero attached hydrogens (tertiary/aromatic N) is 1. The number of hydrazine groups is 1. The van der Waals surface area contributed by atoms with Crippen LogP contribution in [0.2, 0.25) is 0 Å². The Balaban J connectivity index is 1.91. The number of piperidine rings is 1. The second-order valence-electron chi connectivity index (χ2n) is 5.13. The first-order chi connectivity index (χ1) is 8.75. The molecule has 4 heteroatoms. The summed E-state index contributed by atoms with van der Waals surface area (Å²) in [6.45, 7) is 3.38. The number of benzene rings is 1. The second-order valence-corrected chi connectivity index (χ2v) is 5.13. The summed E-state index contributed by atoms with van der Waals surface area (Å²) in [5.74, 6) is 0.790. The van der Waals surface area contributed by atoms with E-state index in [1.54, 1.807) is 0 Å². The molecule has 1 aromatic rings. The quantitative estimate of drug-likeness (QED) is 0.697. The minimum Gasteiger partial charge on any atom is -0.383 e. The zero-order chi connectivity index (χ0) is 12.8. The molecule has 0 unspecified atom stereocenters. The lowest BCUT2D eigenvalue weighted by atomic mass is 9.98. The molecule has 0 aromatic heterocycles. The van der Waals surface area contributed by atoms with Gasteiger partial charge in [-0.2, -0.15) is 0 Å². The fraction of sp³-hybridized carbons (Fsp3) is 0.571. The molecule has 1 aliphatic rings. The third-order valence-electron chi connectivity index (χ3n) is 3.31. The van der Waals surface area contributed by atoms with Crippen molar-refractivity contribution in [3.05, 3.63) is 24.3 Å². The van der Waals surface area contributed by atoms with Gasteiger partial charge in [0.1, 0.15) is 0 Å². The van der Waals surface area contributed by atoms with Crippen LogP contribution >= 0.6 is 0 Å². The number of hydrogen-bond donors (Lipinski definition) is 3. The molecule has 0 atom stereocenters. The zero-order valence-electron chi connectivity index (χ0n) is 11.4. The molecule has 100 valence electrons. The maximum atomic E-state index is 3.57. The summed E-state index contributed by atoms with van der Waals surface area (Å²) >= 11 is 0. The first-order valence-corrected chi connectivity index (χ1v) is 6.73. The highest BCUT2D eigenvalue weighted by atomic mass is 15.5. The predicted octanol–water partition coefficient (Wildman–Crippen LogP) is 1.99. The number of nitrogens with one attached hydrogen (secondary N) is 3. The summed E-state index contributed by atoms with van der Waals surface area (Å²) in [6.07, 6.45) is 2.55. The highest BCUT2D eigenvalue weighted by Gasteiger charge is 2.13. The largest absolute Gasteiger partial charge is 0.383 e. The Hall–Kier alpha value is -1.26. The lowest BCUT2D eigenvalue weighted by molar-refractivity contribution is 0.390. The van der Waals surface area contributed by atoms with Crippen LogP contribution in [0, 0.1) is 5.92 Å². The van der Waals surface area contributed by atoms with E-state index in [1.807, 2.05) is 19.1 Å². The van der Waals surface area contributed by atoms with Crippen LogP contribution in [0.5, 0.6) is 0 Å². The lowest BCUT2D eigenvalue weighted by Crippen LogP contribution is -2.31. The van der Waals surface area contributed by atoms with E-state index in [0.717, 1.165) is 31.2 Å². The van der Waals surface area contributed by atoms with Crippen molar-refractivity contribution < 1.29 is 0 Å². The SMILES string of the molecule is CN(C)Nc1ccccc1NCC1CCNCC1. The minimum atomic E-state index is 0.790. The molecule has 3 N–H and O–H groups in total. The smallest absolute Gasteiger partial charge is 0.0721 e. The van der Waals surface area contributed by atoms with Gasteiger partial charge in [-0.3, -0.25) is 0 Å². The molecule has 0 radical (unpaired) electrons. The normalized spacial score (nSPS) is 16.8. The Labute approximate surface area is 110 Å². The van der Waals surface area contributed by atoms with Gasteiger partial charge in [0.15, 0.2) is 0 Å². The monoisotopic (exact) mass is 248 g/mol. The van der Waals surface area contributed by atoms with E-state index in [4.69, 9.17) is 0 Å². The number of hydrogen-bond acceptors (Lipinski definition) is 4. The first-order valence-electron chi connectivity index (χ1n) is 6.73. The van der Waals surface area contributed by atoms with Gasteiger partial charge >= 0.3 is 0 Å². The van der Waals surface area contributed by atoms with Crippen molar-refractivity contribution in [3.63, 3.8) is 0 Å². The summed E-state index contributed by atoms with van der Waals surface area (Å²) < 4.78 is 0. The fourth-order valence-corrected chi connectivity index (χ4v) is 2.32. The molecule has 0 saturated carbocycles. The Bertz CT molecular complexity index is 359. The Morgan fingerprint density at radius 2 is 1.83 bits per heavy atom. The Morgan fingerprint density at radius 3 is 2.50 bits per heavy atom. The van der Waals surface area contributed by atoms with E-state index >= 15 is 0 Å². The summed E-state index contributed by atoms with van der Waals surface area (Å²) in [7, 11) is 4.01. The average Bonchev–Trinajstić information content (AvgIpc) is 2.38. The molecule has 1 saturated heterocycles. The predicted molar refractivity (Wildman–Crippen MR) is 77.8 cm³/mol. The molecule has 0 bridgehead atoms. The van der Waals surface area contributed by atoms with E-state index in [1.165, 1.54) is 18.5 Å². The van der Waals surface area contributed by atoms with Crippen LogP contribution in [0.3, 0.4) is 0 Å². The van der Waals surface area contributed by atoms with Crippen molar-refractivity contribution in [1.82, 2.24) is 10.3 Å². The van der Waals surface area contributed by atoms with Crippen LogP contribution < -0.4 is 16.1 Å². The highest BCUT2D eigenvalue weighted by molar-refractivity contribution is 5.68. The number of para-hydroxylation sites is 2. The van der Waals surface area contributed by atoms with Crippen LogP contribution in [0.4, 0.5) is 11.4 Å². The van der Waals surface area contributed by atoms with Crippen LogP contribution in [0.1, 0.15) is 12.8 Å². The van der Waals surface area contributed by atoms with Gasteiger partial charge in [0.05, 0.1) is 11.4 Å². The van der Waals surface area contributed by atoms with E-state index in [0.29, 0.717) is 0 Å². The molecule has 18 heavy (non-hydrogen) atoms. The van der Waals surface area contributed by atoms with Gasteiger partial charge in [0.25, 0.3) is 0 Å². The van der Waals surface area contributed by atoms with Gasteiger partial charge in [-0.25, -0.2) is 5.01 Å².